The first-order valence-corrected chi connectivity index (χ1v) is 10.4. The van der Waals surface area contributed by atoms with E-state index in [-0.39, 0.29) is 30.0 Å². The average molecular weight is 428 g/mol. The van der Waals surface area contributed by atoms with Gasteiger partial charge in [-0.1, -0.05) is 24.3 Å². The highest BCUT2D eigenvalue weighted by Gasteiger charge is 2.33. The molecule has 0 heterocycles. The van der Waals surface area contributed by atoms with Crippen molar-refractivity contribution >= 4 is 15.9 Å². The van der Waals surface area contributed by atoms with Crippen molar-refractivity contribution in [2.75, 3.05) is 13.6 Å². The predicted octanol–water partition coefficient (Wildman–Crippen LogP) is 3.65. The van der Waals surface area contributed by atoms with Gasteiger partial charge in [0.2, 0.25) is 15.9 Å². The van der Waals surface area contributed by atoms with Crippen LogP contribution < -0.4 is 4.72 Å². The van der Waals surface area contributed by atoms with Crippen molar-refractivity contribution < 1.29 is 26.4 Å². The van der Waals surface area contributed by atoms with Crippen LogP contribution in [0.5, 0.6) is 0 Å². The van der Waals surface area contributed by atoms with Crippen molar-refractivity contribution in [2.45, 2.75) is 37.9 Å². The standard InChI is InChI=1S/C20H23F3N2O3S/c1-14-8-9-17(12-15(14)2)29(27,28)24-11-10-19(26)25(3)13-16-6-4-5-7-18(16)20(21,22)23/h4-9,12,24H,10-11,13H2,1-3H3. The Labute approximate surface area is 168 Å². The summed E-state index contributed by atoms with van der Waals surface area (Å²) < 4.78 is 66.2. The highest BCUT2D eigenvalue weighted by molar-refractivity contribution is 7.89. The van der Waals surface area contributed by atoms with Gasteiger partial charge in [0.1, 0.15) is 0 Å². The van der Waals surface area contributed by atoms with Crippen LogP contribution in [0.3, 0.4) is 0 Å². The Hall–Kier alpha value is -2.39. The third-order valence-corrected chi connectivity index (χ3v) is 6.03. The molecular formula is C20H23F3N2O3S. The third-order valence-electron chi connectivity index (χ3n) is 4.58. The molecule has 0 aliphatic rings. The van der Waals surface area contributed by atoms with Gasteiger partial charge in [-0.3, -0.25) is 4.79 Å². The van der Waals surface area contributed by atoms with Gasteiger partial charge in [-0.2, -0.15) is 13.2 Å². The fraction of sp³-hybridized carbons (Fsp3) is 0.350. The molecule has 9 heteroatoms. The molecule has 5 nitrogen and oxygen atoms in total. The second-order valence-electron chi connectivity index (χ2n) is 6.80. The molecule has 0 unspecified atom stereocenters. The topological polar surface area (TPSA) is 66.5 Å². The van der Waals surface area contributed by atoms with Crippen LogP contribution in [0.1, 0.15) is 28.7 Å². The zero-order chi connectivity index (χ0) is 21.8. The minimum atomic E-state index is -4.51. The van der Waals surface area contributed by atoms with Gasteiger partial charge in [0.15, 0.2) is 0 Å². The molecule has 0 aromatic heterocycles. The maximum atomic E-state index is 13.1. The lowest BCUT2D eigenvalue weighted by Gasteiger charge is -2.20. The summed E-state index contributed by atoms with van der Waals surface area (Å²) in [5.41, 5.74) is 0.966. The molecule has 0 fully saturated rings. The van der Waals surface area contributed by atoms with Gasteiger partial charge in [0.25, 0.3) is 0 Å². The van der Waals surface area contributed by atoms with Gasteiger partial charge in [-0.15, -0.1) is 0 Å². The number of benzene rings is 2. The summed E-state index contributed by atoms with van der Waals surface area (Å²) in [5.74, 6) is -0.468. The summed E-state index contributed by atoms with van der Waals surface area (Å²) in [5, 5.41) is 0. The number of sulfonamides is 1. The first kappa shape index (κ1) is 22.9. The van der Waals surface area contributed by atoms with Gasteiger partial charge in [-0.25, -0.2) is 13.1 Å². The Morgan fingerprint density at radius 3 is 2.34 bits per heavy atom. The molecule has 0 radical (unpaired) electrons. The number of halogens is 3. The highest BCUT2D eigenvalue weighted by atomic mass is 32.2. The van der Waals surface area contributed by atoms with E-state index in [4.69, 9.17) is 0 Å². The molecule has 29 heavy (non-hydrogen) atoms. The van der Waals surface area contributed by atoms with Crippen LogP contribution in [-0.2, 0) is 27.5 Å². The normalized spacial score (nSPS) is 12.1. The largest absolute Gasteiger partial charge is 0.416 e. The van der Waals surface area contributed by atoms with Crippen molar-refractivity contribution in [3.05, 3.63) is 64.7 Å². The van der Waals surface area contributed by atoms with Crippen molar-refractivity contribution in [1.82, 2.24) is 9.62 Å². The summed E-state index contributed by atoms with van der Waals surface area (Å²) in [6, 6.07) is 9.75. The number of carbonyl (C=O) groups is 1. The van der Waals surface area contributed by atoms with Gasteiger partial charge >= 0.3 is 6.18 Å². The first-order valence-electron chi connectivity index (χ1n) is 8.88. The minimum absolute atomic E-state index is 0.0217. The van der Waals surface area contributed by atoms with E-state index in [0.29, 0.717) is 0 Å². The van der Waals surface area contributed by atoms with Crippen LogP contribution in [0.25, 0.3) is 0 Å². The first-order chi connectivity index (χ1) is 13.4. The molecule has 158 valence electrons. The third kappa shape index (κ3) is 6.04. The Balaban J connectivity index is 1.96. The van der Waals surface area contributed by atoms with Gasteiger partial charge in [0, 0.05) is 26.6 Å². The Bertz CT molecular complexity index is 989. The SMILES string of the molecule is Cc1ccc(S(=O)(=O)NCCC(=O)N(C)Cc2ccccc2C(F)(F)F)cc1C. The number of alkyl halides is 3. The molecule has 0 saturated heterocycles. The van der Waals surface area contributed by atoms with Gasteiger partial charge < -0.3 is 4.90 Å². The summed E-state index contributed by atoms with van der Waals surface area (Å²) in [4.78, 5) is 13.5. The van der Waals surface area contributed by atoms with E-state index in [1.807, 2.05) is 6.92 Å². The summed E-state index contributed by atoms with van der Waals surface area (Å²) >= 11 is 0. The fourth-order valence-corrected chi connectivity index (χ4v) is 3.84. The van der Waals surface area contributed by atoms with Crippen LogP contribution in [0.4, 0.5) is 13.2 Å². The molecule has 0 spiro atoms. The molecule has 0 aliphatic carbocycles. The Morgan fingerprint density at radius 2 is 1.72 bits per heavy atom. The molecule has 1 amide bonds. The van der Waals surface area contributed by atoms with E-state index in [1.165, 1.54) is 31.3 Å². The summed E-state index contributed by atoms with van der Waals surface area (Å²) in [7, 11) is -2.39. The summed E-state index contributed by atoms with van der Waals surface area (Å²) in [6.07, 6.45) is -4.68. The number of hydrogen-bond acceptors (Lipinski definition) is 3. The number of amides is 1. The Kier molecular flexibility index (Phi) is 7.07. The lowest BCUT2D eigenvalue weighted by Crippen LogP contribution is -2.32. The molecule has 2 aromatic carbocycles. The molecule has 0 saturated carbocycles. The smallest absolute Gasteiger partial charge is 0.341 e. The van der Waals surface area contributed by atoms with Crippen molar-refractivity contribution in [3.63, 3.8) is 0 Å². The molecule has 1 N–H and O–H groups in total. The molecular weight excluding hydrogens is 405 g/mol. The number of aryl methyl sites for hydroxylation is 2. The average Bonchev–Trinajstić information content (AvgIpc) is 2.63. The Morgan fingerprint density at radius 1 is 1.07 bits per heavy atom. The van der Waals surface area contributed by atoms with Crippen molar-refractivity contribution in [3.8, 4) is 0 Å². The molecule has 0 atom stereocenters. The van der Waals surface area contributed by atoms with Crippen LogP contribution in [0.15, 0.2) is 47.4 Å². The van der Waals surface area contributed by atoms with Crippen LogP contribution in [-0.4, -0.2) is 32.8 Å². The second kappa shape index (κ2) is 8.96. The van der Waals surface area contributed by atoms with Crippen molar-refractivity contribution in [2.24, 2.45) is 0 Å². The molecule has 2 rings (SSSR count). The predicted molar refractivity (Wildman–Crippen MR) is 104 cm³/mol. The van der Waals surface area contributed by atoms with E-state index in [2.05, 4.69) is 4.72 Å². The minimum Gasteiger partial charge on any atom is -0.341 e. The zero-order valence-electron chi connectivity index (χ0n) is 16.4. The number of carbonyl (C=O) groups excluding carboxylic acids is 1. The number of rotatable bonds is 7. The van der Waals surface area contributed by atoms with Crippen LogP contribution >= 0.6 is 0 Å². The van der Waals surface area contributed by atoms with Crippen LogP contribution in [0, 0.1) is 13.8 Å². The lowest BCUT2D eigenvalue weighted by atomic mass is 10.1. The van der Waals surface area contributed by atoms with Crippen LogP contribution in [0.2, 0.25) is 0 Å². The summed E-state index contributed by atoms with van der Waals surface area (Å²) in [6.45, 7) is 3.29. The van der Waals surface area contributed by atoms with Crippen molar-refractivity contribution in [1.29, 1.82) is 0 Å². The zero-order valence-corrected chi connectivity index (χ0v) is 17.2. The molecule has 0 aliphatic heterocycles. The van der Waals surface area contributed by atoms with Gasteiger partial charge in [-0.05, 0) is 48.7 Å². The van der Waals surface area contributed by atoms with E-state index in [1.54, 1.807) is 19.1 Å². The maximum Gasteiger partial charge on any atom is 0.416 e. The second-order valence-corrected chi connectivity index (χ2v) is 8.57. The van der Waals surface area contributed by atoms with E-state index in [9.17, 15) is 26.4 Å². The van der Waals surface area contributed by atoms with Gasteiger partial charge in [0.05, 0.1) is 10.5 Å². The maximum absolute atomic E-state index is 13.1. The monoisotopic (exact) mass is 428 g/mol. The number of nitrogens with one attached hydrogen (secondary N) is 1. The molecule has 0 bridgehead atoms. The van der Waals surface area contributed by atoms with E-state index in [0.717, 1.165) is 22.1 Å². The fourth-order valence-electron chi connectivity index (χ4n) is 2.73. The van der Waals surface area contributed by atoms with E-state index >= 15 is 0 Å². The number of hydrogen-bond donors (Lipinski definition) is 1. The number of nitrogens with zero attached hydrogens (tertiary/aromatic N) is 1. The van der Waals surface area contributed by atoms with E-state index < -0.39 is 27.7 Å². The highest BCUT2D eigenvalue weighted by Crippen LogP contribution is 2.32. The quantitative estimate of drug-likeness (QED) is 0.732. The molecule has 2 aromatic rings. The lowest BCUT2D eigenvalue weighted by molar-refractivity contribution is -0.139.